The van der Waals surface area contributed by atoms with Crippen LogP contribution in [0.15, 0.2) is 42.5 Å². The molecule has 2 nitrogen and oxygen atoms in total. The maximum atomic E-state index is 12.4. The maximum Gasteiger partial charge on any atom is 0.416 e. The molecule has 20 heavy (non-hydrogen) atoms. The second kappa shape index (κ2) is 5.17. The Morgan fingerprint density at radius 3 is 2.05 bits per heavy atom. The van der Waals surface area contributed by atoms with Crippen LogP contribution < -0.4 is 5.73 Å². The molecule has 0 aliphatic rings. The Morgan fingerprint density at radius 2 is 1.55 bits per heavy atom. The summed E-state index contributed by atoms with van der Waals surface area (Å²) in [6, 6.07) is 8.33. The van der Waals surface area contributed by atoms with E-state index in [0.717, 1.165) is 24.3 Å². The lowest BCUT2D eigenvalue weighted by atomic mass is 10.0. The average molecular weight is 300 g/mol. The van der Waals surface area contributed by atoms with Crippen LogP contribution in [-0.4, -0.2) is 5.78 Å². The van der Waals surface area contributed by atoms with Crippen molar-refractivity contribution >= 4 is 23.1 Å². The predicted octanol–water partition coefficient (Wildman–Crippen LogP) is 4.17. The van der Waals surface area contributed by atoms with Crippen LogP contribution in [0.25, 0.3) is 0 Å². The molecular formula is C14H9ClF3NO. The molecular weight excluding hydrogens is 291 g/mol. The van der Waals surface area contributed by atoms with Gasteiger partial charge in [-0.25, -0.2) is 0 Å². The van der Waals surface area contributed by atoms with E-state index in [2.05, 4.69) is 0 Å². The van der Waals surface area contributed by atoms with Crippen LogP contribution in [0.2, 0.25) is 5.02 Å². The first-order valence-corrected chi connectivity index (χ1v) is 5.94. The van der Waals surface area contributed by atoms with Gasteiger partial charge in [-0.2, -0.15) is 13.2 Å². The van der Waals surface area contributed by atoms with Crippen LogP contribution in [-0.2, 0) is 6.18 Å². The summed E-state index contributed by atoms with van der Waals surface area (Å²) in [5, 5.41) is 0.314. The summed E-state index contributed by atoms with van der Waals surface area (Å²) in [5.74, 6) is -0.415. The lowest BCUT2D eigenvalue weighted by Gasteiger charge is -2.08. The topological polar surface area (TPSA) is 43.1 Å². The molecule has 2 N–H and O–H groups in total. The van der Waals surface area contributed by atoms with Crippen molar-refractivity contribution in [2.45, 2.75) is 6.18 Å². The van der Waals surface area contributed by atoms with Gasteiger partial charge in [0.2, 0.25) is 0 Å². The van der Waals surface area contributed by atoms with E-state index >= 15 is 0 Å². The third-order valence-corrected chi connectivity index (χ3v) is 3.08. The fraction of sp³-hybridized carbons (Fsp3) is 0.0714. The van der Waals surface area contributed by atoms with Gasteiger partial charge in [0.1, 0.15) is 0 Å². The molecule has 0 aliphatic carbocycles. The summed E-state index contributed by atoms with van der Waals surface area (Å²) in [7, 11) is 0. The van der Waals surface area contributed by atoms with Crippen LogP contribution in [0.1, 0.15) is 21.5 Å². The smallest absolute Gasteiger partial charge is 0.398 e. The van der Waals surface area contributed by atoms with Crippen molar-refractivity contribution < 1.29 is 18.0 Å². The zero-order chi connectivity index (χ0) is 14.9. The number of nitrogen functional groups attached to an aromatic ring is 1. The molecule has 0 amide bonds. The Morgan fingerprint density at radius 1 is 1.00 bits per heavy atom. The number of ketones is 1. The van der Waals surface area contributed by atoms with E-state index in [1.807, 2.05) is 0 Å². The molecule has 2 aromatic carbocycles. The summed E-state index contributed by atoms with van der Waals surface area (Å²) in [4.78, 5) is 12.1. The molecule has 0 fully saturated rings. The number of hydrogen-bond acceptors (Lipinski definition) is 2. The second-order valence-corrected chi connectivity index (χ2v) is 4.55. The molecule has 0 spiro atoms. The van der Waals surface area contributed by atoms with Gasteiger partial charge in [-0.1, -0.05) is 23.7 Å². The molecule has 0 bridgehead atoms. The van der Waals surface area contributed by atoms with Gasteiger partial charge in [-0.05, 0) is 30.3 Å². The van der Waals surface area contributed by atoms with Gasteiger partial charge >= 0.3 is 6.18 Å². The molecule has 0 unspecified atom stereocenters. The molecule has 0 heterocycles. The third-order valence-electron chi connectivity index (χ3n) is 2.73. The van der Waals surface area contributed by atoms with Crippen LogP contribution >= 0.6 is 11.6 Å². The highest BCUT2D eigenvalue weighted by atomic mass is 35.5. The molecule has 2 rings (SSSR count). The molecule has 0 saturated heterocycles. The van der Waals surface area contributed by atoms with Crippen molar-refractivity contribution in [3.63, 3.8) is 0 Å². The Bertz CT molecular complexity index is 650. The van der Waals surface area contributed by atoms with E-state index in [9.17, 15) is 18.0 Å². The Balaban J connectivity index is 2.31. The van der Waals surface area contributed by atoms with Crippen molar-refractivity contribution in [2.75, 3.05) is 5.73 Å². The van der Waals surface area contributed by atoms with E-state index in [4.69, 9.17) is 17.3 Å². The van der Waals surface area contributed by atoms with Crippen LogP contribution in [0.4, 0.5) is 18.9 Å². The highest BCUT2D eigenvalue weighted by Crippen LogP contribution is 2.29. The van der Waals surface area contributed by atoms with Crippen molar-refractivity contribution in [3.8, 4) is 0 Å². The van der Waals surface area contributed by atoms with Crippen molar-refractivity contribution in [3.05, 3.63) is 64.2 Å². The third kappa shape index (κ3) is 2.93. The van der Waals surface area contributed by atoms with Gasteiger partial charge in [0.05, 0.1) is 16.3 Å². The molecule has 6 heteroatoms. The van der Waals surface area contributed by atoms with Crippen LogP contribution in [0, 0.1) is 0 Å². The lowest BCUT2D eigenvalue weighted by molar-refractivity contribution is -0.137. The summed E-state index contributed by atoms with van der Waals surface area (Å²) >= 11 is 5.74. The van der Waals surface area contributed by atoms with Gasteiger partial charge in [0.15, 0.2) is 5.78 Å². The minimum Gasteiger partial charge on any atom is -0.398 e. The monoisotopic (exact) mass is 299 g/mol. The van der Waals surface area contributed by atoms with Gasteiger partial charge < -0.3 is 5.73 Å². The number of benzene rings is 2. The fourth-order valence-corrected chi connectivity index (χ4v) is 1.78. The minimum absolute atomic E-state index is 0.153. The van der Waals surface area contributed by atoms with Gasteiger partial charge in [-0.15, -0.1) is 0 Å². The highest BCUT2D eigenvalue weighted by molar-refractivity contribution is 6.33. The van der Waals surface area contributed by atoms with Gasteiger partial charge in [0, 0.05) is 11.1 Å². The molecule has 0 radical (unpaired) electrons. The summed E-state index contributed by atoms with van der Waals surface area (Å²) in [5.41, 5.74) is 5.45. The largest absolute Gasteiger partial charge is 0.416 e. The molecule has 104 valence electrons. The lowest BCUT2D eigenvalue weighted by Crippen LogP contribution is -2.07. The van der Waals surface area contributed by atoms with E-state index < -0.39 is 17.5 Å². The standard InChI is InChI=1S/C14H9ClF3NO/c15-11-6-3-9(7-12(11)19)13(20)8-1-4-10(5-2-8)14(16,17)18/h1-7H,19H2. The number of carbonyl (C=O) groups is 1. The van der Waals surface area contributed by atoms with E-state index in [1.54, 1.807) is 0 Å². The van der Waals surface area contributed by atoms with E-state index in [-0.39, 0.29) is 16.8 Å². The number of hydrogen-bond donors (Lipinski definition) is 1. The quantitative estimate of drug-likeness (QED) is 0.668. The minimum atomic E-state index is -4.42. The summed E-state index contributed by atoms with van der Waals surface area (Å²) < 4.78 is 37.3. The summed E-state index contributed by atoms with van der Waals surface area (Å²) in [6.07, 6.45) is -4.42. The fourth-order valence-electron chi connectivity index (χ4n) is 1.66. The second-order valence-electron chi connectivity index (χ2n) is 4.14. The zero-order valence-electron chi connectivity index (χ0n) is 10.0. The zero-order valence-corrected chi connectivity index (χ0v) is 10.8. The van der Waals surface area contributed by atoms with Crippen molar-refractivity contribution in [1.29, 1.82) is 0 Å². The normalized spacial score (nSPS) is 11.4. The molecule has 0 aromatic heterocycles. The Hall–Kier alpha value is -2.01. The first kappa shape index (κ1) is 14.4. The number of alkyl halides is 3. The van der Waals surface area contributed by atoms with Crippen LogP contribution in [0.5, 0.6) is 0 Å². The maximum absolute atomic E-state index is 12.4. The summed E-state index contributed by atoms with van der Waals surface area (Å²) in [6.45, 7) is 0. The number of rotatable bonds is 2. The molecule has 0 aliphatic heterocycles. The first-order valence-electron chi connectivity index (χ1n) is 5.56. The van der Waals surface area contributed by atoms with Gasteiger partial charge in [-0.3, -0.25) is 4.79 Å². The Kier molecular flexibility index (Phi) is 3.72. The van der Waals surface area contributed by atoms with E-state index in [1.165, 1.54) is 18.2 Å². The van der Waals surface area contributed by atoms with Crippen molar-refractivity contribution in [1.82, 2.24) is 0 Å². The first-order chi connectivity index (χ1) is 9.29. The number of anilines is 1. The van der Waals surface area contributed by atoms with E-state index in [0.29, 0.717) is 5.02 Å². The van der Waals surface area contributed by atoms with Crippen molar-refractivity contribution in [2.24, 2.45) is 0 Å². The molecule has 2 aromatic rings. The average Bonchev–Trinajstić information content (AvgIpc) is 2.40. The number of halogens is 4. The SMILES string of the molecule is Nc1cc(C(=O)c2ccc(C(F)(F)F)cc2)ccc1Cl. The Labute approximate surface area is 118 Å². The molecule has 0 saturated carbocycles. The number of nitrogens with two attached hydrogens (primary N) is 1. The number of carbonyl (C=O) groups excluding carboxylic acids is 1. The molecule has 0 atom stereocenters. The predicted molar refractivity (Wildman–Crippen MR) is 70.7 cm³/mol. The van der Waals surface area contributed by atoms with Crippen LogP contribution in [0.3, 0.4) is 0 Å². The van der Waals surface area contributed by atoms with Gasteiger partial charge in [0.25, 0.3) is 0 Å². The highest BCUT2D eigenvalue weighted by Gasteiger charge is 2.30.